The number of nitrogens with one attached hydrogen (secondary N) is 1. The van der Waals surface area contributed by atoms with E-state index in [4.69, 9.17) is 5.11 Å². The van der Waals surface area contributed by atoms with Crippen LogP contribution in [0.2, 0.25) is 0 Å². The van der Waals surface area contributed by atoms with Crippen molar-refractivity contribution in [2.45, 2.75) is 139 Å². The van der Waals surface area contributed by atoms with Gasteiger partial charge in [-0.15, -0.1) is 0 Å². The fourth-order valence-electron chi connectivity index (χ4n) is 1.62. The Morgan fingerprint density at radius 3 is 1.71 bits per heavy atom. The molecule has 0 spiro atoms. The Kier molecular flexibility index (Phi) is 50.4. The van der Waals surface area contributed by atoms with Crippen molar-refractivity contribution in [3.05, 3.63) is 11.6 Å². The maximum absolute atomic E-state index is 10.1. The minimum absolute atomic E-state index is 0.133. The van der Waals surface area contributed by atoms with E-state index in [2.05, 4.69) is 72.8 Å². The molecular formula is C30H64N2O3S6. The van der Waals surface area contributed by atoms with Crippen molar-refractivity contribution in [1.82, 2.24) is 5.43 Å². The zero-order chi connectivity index (χ0) is 33.1. The van der Waals surface area contributed by atoms with Crippen LogP contribution in [0.25, 0.3) is 0 Å². The fourth-order valence-corrected chi connectivity index (χ4v) is 7.66. The molecule has 0 rings (SSSR count). The van der Waals surface area contributed by atoms with Gasteiger partial charge in [0.1, 0.15) is 0 Å². The van der Waals surface area contributed by atoms with Gasteiger partial charge in [-0.25, -0.2) is 10.2 Å². The average molecular weight is 693 g/mol. The van der Waals surface area contributed by atoms with Gasteiger partial charge in [0.15, 0.2) is 0 Å². The molecule has 0 radical (unpaired) electrons. The molecular weight excluding hydrogens is 629 g/mol. The molecule has 0 bridgehead atoms. The van der Waals surface area contributed by atoms with Gasteiger partial charge >= 0.3 is 5.97 Å². The topological polar surface area (TPSA) is 78.8 Å². The molecule has 0 saturated heterocycles. The van der Waals surface area contributed by atoms with Gasteiger partial charge in [-0.3, -0.25) is 4.79 Å². The Morgan fingerprint density at radius 2 is 1.39 bits per heavy atom. The van der Waals surface area contributed by atoms with Crippen LogP contribution in [0, 0.1) is 0 Å². The number of carboxylic acid groups (broad SMARTS) is 1. The number of carbonyl (C=O) groups is 2. The van der Waals surface area contributed by atoms with Gasteiger partial charge in [0.05, 0.1) is 0 Å². The number of carboxylic acids is 1. The standard InChI is InChI=1S/C7H12O2.C7H16S2.C6H14S2.C5H10N2O.C5H12S2/c1-3-4-6(2)5-7(8)9;1-5-7(3,4)9-8-6-2;1-4-6(3)8-7-5-2;1-4(2)6-7-5(3)8;1-3-5-7-6-4-2/h5H,3-4H2,1-2H3,(H,8,9);5-6H2,1-4H3;6H,4-5H2,1-3H3;1-3H3,(H,7,8);3-5H2,1-2H3. The summed E-state index contributed by atoms with van der Waals surface area (Å²) in [6.45, 7) is 29.0. The number of allylic oxidation sites excluding steroid dienone is 1. The van der Waals surface area contributed by atoms with Crippen LogP contribution in [0.15, 0.2) is 16.8 Å². The number of aliphatic carboxylic acids is 1. The van der Waals surface area contributed by atoms with E-state index in [1.54, 1.807) is 0 Å². The highest BCUT2D eigenvalue weighted by molar-refractivity contribution is 8.77. The summed E-state index contributed by atoms with van der Waals surface area (Å²) in [6.07, 6.45) is 6.99. The number of hydrogen-bond donors (Lipinski definition) is 2. The van der Waals surface area contributed by atoms with Crippen molar-refractivity contribution in [2.24, 2.45) is 5.10 Å². The molecule has 11 heteroatoms. The zero-order valence-corrected chi connectivity index (χ0v) is 33.6. The van der Waals surface area contributed by atoms with Crippen LogP contribution < -0.4 is 5.43 Å². The zero-order valence-electron chi connectivity index (χ0n) is 28.7. The molecule has 0 saturated carbocycles. The Morgan fingerprint density at radius 1 is 0.854 bits per heavy atom. The summed E-state index contributed by atoms with van der Waals surface area (Å²) in [5, 5.41) is 12.7. The van der Waals surface area contributed by atoms with E-state index in [-0.39, 0.29) is 5.91 Å². The summed E-state index contributed by atoms with van der Waals surface area (Å²) in [7, 11) is 11.8. The third-order valence-electron chi connectivity index (χ3n) is 4.12. The minimum Gasteiger partial charge on any atom is -0.478 e. The van der Waals surface area contributed by atoms with E-state index in [9.17, 15) is 9.59 Å². The highest BCUT2D eigenvalue weighted by Crippen LogP contribution is 2.37. The van der Waals surface area contributed by atoms with Crippen molar-refractivity contribution in [3.8, 4) is 0 Å². The van der Waals surface area contributed by atoms with Crippen molar-refractivity contribution < 1.29 is 14.7 Å². The summed E-state index contributed by atoms with van der Waals surface area (Å²) >= 11 is 0. The van der Waals surface area contributed by atoms with Crippen LogP contribution in [0.5, 0.6) is 0 Å². The lowest BCUT2D eigenvalue weighted by atomic mass is 10.1. The first-order chi connectivity index (χ1) is 19.1. The first-order valence-corrected chi connectivity index (χ1v) is 21.8. The van der Waals surface area contributed by atoms with Gasteiger partial charge in [0.25, 0.3) is 0 Å². The Hall–Kier alpha value is 0.450. The molecule has 1 amide bonds. The third-order valence-corrected chi connectivity index (χ3v) is 13.4. The van der Waals surface area contributed by atoms with E-state index in [1.807, 2.05) is 92.5 Å². The SMILES string of the molecule is CC(=O)NN=C(C)C.CCCC(C)=CC(=O)O.CCCSSCC.CCSSC(C)(C)CC.CCSSC(C)CC. The van der Waals surface area contributed by atoms with Crippen molar-refractivity contribution in [1.29, 1.82) is 0 Å². The maximum atomic E-state index is 10.1. The second-order valence-electron chi connectivity index (χ2n) is 9.36. The monoisotopic (exact) mass is 692 g/mol. The summed E-state index contributed by atoms with van der Waals surface area (Å²) < 4.78 is 0.473. The molecule has 0 heterocycles. The Balaban J connectivity index is -0.000000132. The number of amides is 1. The van der Waals surface area contributed by atoms with Gasteiger partial charge in [-0.2, -0.15) is 5.10 Å². The second-order valence-corrected chi connectivity index (χ2v) is 18.6. The molecule has 1 atom stereocenters. The molecule has 5 nitrogen and oxygen atoms in total. The van der Waals surface area contributed by atoms with Crippen molar-refractivity contribution >= 4 is 82.4 Å². The molecule has 2 N–H and O–H groups in total. The van der Waals surface area contributed by atoms with Crippen LogP contribution in [0.4, 0.5) is 0 Å². The van der Waals surface area contributed by atoms with Gasteiger partial charge in [0, 0.05) is 51.7 Å². The third kappa shape index (κ3) is 64.5. The fraction of sp³-hybridized carbons (Fsp3) is 0.833. The molecule has 248 valence electrons. The smallest absolute Gasteiger partial charge is 0.328 e. The first kappa shape index (κ1) is 51.0. The first-order valence-electron chi connectivity index (χ1n) is 14.6. The number of rotatable bonds is 16. The summed E-state index contributed by atoms with van der Waals surface area (Å²) in [5.41, 5.74) is 4.08. The molecule has 0 fully saturated rings. The molecule has 0 aromatic rings. The van der Waals surface area contributed by atoms with Crippen LogP contribution >= 0.6 is 64.8 Å². The molecule has 41 heavy (non-hydrogen) atoms. The summed E-state index contributed by atoms with van der Waals surface area (Å²) in [5.74, 6) is 4.01. The molecule has 0 aliphatic carbocycles. The number of nitrogens with zero attached hydrogens (tertiary/aromatic N) is 1. The Bertz CT molecular complexity index is 625. The van der Waals surface area contributed by atoms with E-state index in [1.165, 1.54) is 55.3 Å². The quantitative estimate of drug-likeness (QED) is 0.0540. The summed E-state index contributed by atoms with van der Waals surface area (Å²) in [4.78, 5) is 20.1. The Labute approximate surface area is 279 Å². The minimum atomic E-state index is -0.846. The lowest BCUT2D eigenvalue weighted by Crippen LogP contribution is -2.13. The predicted molar refractivity (Wildman–Crippen MR) is 205 cm³/mol. The molecule has 0 aromatic carbocycles. The van der Waals surface area contributed by atoms with Crippen LogP contribution in [0.3, 0.4) is 0 Å². The van der Waals surface area contributed by atoms with Crippen molar-refractivity contribution in [3.63, 3.8) is 0 Å². The van der Waals surface area contributed by atoms with E-state index < -0.39 is 5.97 Å². The van der Waals surface area contributed by atoms with Crippen LogP contribution in [-0.4, -0.2) is 55.7 Å². The van der Waals surface area contributed by atoms with Gasteiger partial charge in [0.2, 0.25) is 5.91 Å². The van der Waals surface area contributed by atoms with Crippen LogP contribution in [-0.2, 0) is 9.59 Å². The number of hydrogen-bond acceptors (Lipinski definition) is 9. The normalized spacial score (nSPS) is 11.0. The summed E-state index contributed by atoms with van der Waals surface area (Å²) in [6, 6.07) is 0. The van der Waals surface area contributed by atoms with Crippen molar-refractivity contribution in [2.75, 3.05) is 23.0 Å². The van der Waals surface area contributed by atoms with E-state index >= 15 is 0 Å². The number of carbonyl (C=O) groups excluding carboxylic acids is 1. The lowest BCUT2D eigenvalue weighted by Gasteiger charge is -2.19. The molecule has 1 unspecified atom stereocenters. The lowest BCUT2D eigenvalue weighted by molar-refractivity contribution is -0.131. The molecule has 0 aromatic heterocycles. The van der Waals surface area contributed by atoms with E-state index in [0.717, 1.165) is 29.4 Å². The number of hydrazone groups is 1. The highest BCUT2D eigenvalue weighted by atomic mass is 33.1. The molecule has 0 aliphatic heterocycles. The molecule has 0 aliphatic rings. The van der Waals surface area contributed by atoms with Crippen LogP contribution in [0.1, 0.15) is 129 Å². The van der Waals surface area contributed by atoms with Gasteiger partial charge in [-0.1, -0.05) is 132 Å². The second kappa shape index (κ2) is 40.5. The average Bonchev–Trinajstić information content (AvgIpc) is 2.91. The largest absolute Gasteiger partial charge is 0.478 e. The predicted octanol–water partition coefficient (Wildman–Crippen LogP) is 11.9. The van der Waals surface area contributed by atoms with Gasteiger partial charge < -0.3 is 5.11 Å². The van der Waals surface area contributed by atoms with E-state index in [0.29, 0.717) is 4.75 Å². The highest BCUT2D eigenvalue weighted by Gasteiger charge is 2.14. The van der Waals surface area contributed by atoms with Gasteiger partial charge in [-0.05, 0) is 60.3 Å². The maximum Gasteiger partial charge on any atom is 0.328 e.